The summed E-state index contributed by atoms with van der Waals surface area (Å²) in [5, 5.41) is 4.48. The number of imidazole rings is 1. The van der Waals surface area contributed by atoms with Gasteiger partial charge in [0.2, 0.25) is 0 Å². The van der Waals surface area contributed by atoms with Gasteiger partial charge in [0.1, 0.15) is 11.4 Å². The van der Waals surface area contributed by atoms with Crippen molar-refractivity contribution < 1.29 is 4.74 Å². The average molecular weight is 495 g/mol. The highest BCUT2D eigenvalue weighted by Gasteiger charge is 2.24. The van der Waals surface area contributed by atoms with Crippen LogP contribution in [-0.4, -0.2) is 45.2 Å². The van der Waals surface area contributed by atoms with Crippen LogP contribution >= 0.6 is 0 Å². The fourth-order valence-corrected chi connectivity index (χ4v) is 5.24. The van der Waals surface area contributed by atoms with Gasteiger partial charge in [-0.05, 0) is 57.2 Å². The SMILES string of the molecule is C[C@@H]1CN(c2ccc3nc(-c4c(N[C@@H](C)c5ccccn5)c5ccccc5[nH]c4=O)[nH]c3c2)C[C@H](C)O1. The highest BCUT2D eigenvalue weighted by Crippen LogP contribution is 2.34. The number of rotatable bonds is 5. The predicted octanol–water partition coefficient (Wildman–Crippen LogP) is 5.25. The Balaban J connectivity index is 1.45. The van der Waals surface area contributed by atoms with Crippen molar-refractivity contribution in [2.75, 3.05) is 23.3 Å². The van der Waals surface area contributed by atoms with Gasteiger partial charge in [-0.1, -0.05) is 24.3 Å². The zero-order chi connectivity index (χ0) is 25.5. The molecule has 1 aliphatic rings. The van der Waals surface area contributed by atoms with Crippen molar-refractivity contribution in [1.82, 2.24) is 19.9 Å². The van der Waals surface area contributed by atoms with Gasteiger partial charge in [-0.2, -0.15) is 0 Å². The van der Waals surface area contributed by atoms with Crippen LogP contribution in [0.25, 0.3) is 33.3 Å². The summed E-state index contributed by atoms with van der Waals surface area (Å²) < 4.78 is 5.90. The van der Waals surface area contributed by atoms with E-state index in [1.807, 2.05) is 55.5 Å². The second-order valence-corrected chi connectivity index (χ2v) is 9.82. The van der Waals surface area contributed by atoms with Crippen molar-refractivity contribution in [2.45, 2.75) is 39.0 Å². The summed E-state index contributed by atoms with van der Waals surface area (Å²) in [5.41, 5.74) is 5.46. The molecule has 5 aromatic rings. The number of benzene rings is 2. The lowest BCUT2D eigenvalue weighted by Gasteiger charge is -2.36. The van der Waals surface area contributed by atoms with Crippen LogP contribution in [0.1, 0.15) is 32.5 Å². The van der Waals surface area contributed by atoms with Crippen molar-refractivity contribution in [3.8, 4) is 11.4 Å². The number of para-hydroxylation sites is 1. The second kappa shape index (κ2) is 9.37. The highest BCUT2D eigenvalue weighted by atomic mass is 16.5. The monoisotopic (exact) mass is 494 g/mol. The van der Waals surface area contributed by atoms with E-state index in [-0.39, 0.29) is 23.8 Å². The number of hydrogen-bond donors (Lipinski definition) is 3. The Morgan fingerprint density at radius 2 is 1.78 bits per heavy atom. The molecule has 0 aliphatic carbocycles. The van der Waals surface area contributed by atoms with E-state index < -0.39 is 0 Å². The molecule has 188 valence electrons. The molecule has 3 N–H and O–H groups in total. The molecule has 0 amide bonds. The smallest absolute Gasteiger partial charge is 0.261 e. The Hall–Kier alpha value is -4.17. The zero-order valence-electron chi connectivity index (χ0n) is 21.2. The quantitative estimate of drug-likeness (QED) is 0.309. The van der Waals surface area contributed by atoms with E-state index in [9.17, 15) is 4.79 Å². The zero-order valence-corrected chi connectivity index (χ0v) is 21.2. The van der Waals surface area contributed by atoms with Crippen LogP contribution in [0.5, 0.6) is 0 Å². The van der Waals surface area contributed by atoms with Gasteiger partial charge >= 0.3 is 0 Å². The molecule has 8 heteroatoms. The Kier molecular flexibility index (Phi) is 5.88. The first-order valence-electron chi connectivity index (χ1n) is 12.7. The molecule has 0 bridgehead atoms. The number of morpholine rings is 1. The van der Waals surface area contributed by atoms with E-state index >= 15 is 0 Å². The molecule has 3 atom stereocenters. The van der Waals surface area contributed by atoms with Crippen molar-refractivity contribution in [1.29, 1.82) is 0 Å². The lowest BCUT2D eigenvalue weighted by Crippen LogP contribution is -2.45. The number of ether oxygens (including phenoxy) is 1. The van der Waals surface area contributed by atoms with Gasteiger partial charge in [-0.25, -0.2) is 4.98 Å². The van der Waals surface area contributed by atoms with Gasteiger partial charge in [0, 0.05) is 30.4 Å². The Labute approximate surface area is 214 Å². The first kappa shape index (κ1) is 23.2. The summed E-state index contributed by atoms with van der Waals surface area (Å²) in [6.07, 6.45) is 2.11. The molecular weight excluding hydrogens is 464 g/mol. The fourth-order valence-electron chi connectivity index (χ4n) is 5.24. The molecule has 37 heavy (non-hydrogen) atoms. The maximum absolute atomic E-state index is 13.4. The minimum absolute atomic E-state index is 0.119. The van der Waals surface area contributed by atoms with E-state index in [1.54, 1.807) is 6.20 Å². The molecule has 0 spiro atoms. The van der Waals surface area contributed by atoms with Crippen LogP contribution in [0.3, 0.4) is 0 Å². The van der Waals surface area contributed by atoms with E-state index in [0.29, 0.717) is 11.4 Å². The Morgan fingerprint density at radius 3 is 2.57 bits per heavy atom. The molecule has 0 saturated carbocycles. The van der Waals surface area contributed by atoms with Crippen molar-refractivity contribution >= 4 is 33.3 Å². The summed E-state index contributed by atoms with van der Waals surface area (Å²) in [6, 6.07) is 19.7. The number of hydrogen-bond acceptors (Lipinski definition) is 6. The molecule has 0 unspecified atom stereocenters. The molecule has 8 nitrogen and oxygen atoms in total. The van der Waals surface area contributed by atoms with Gasteiger partial charge in [-0.3, -0.25) is 9.78 Å². The summed E-state index contributed by atoms with van der Waals surface area (Å²) in [7, 11) is 0. The second-order valence-electron chi connectivity index (χ2n) is 9.82. The summed E-state index contributed by atoms with van der Waals surface area (Å²) in [4.78, 5) is 31.6. The summed E-state index contributed by atoms with van der Waals surface area (Å²) in [5.74, 6) is 0.526. The van der Waals surface area contributed by atoms with Crippen molar-refractivity contribution in [3.63, 3.8) is 0 Å². The van der Waals surface area contributed by atoms with Crippen LogP contribution in [0, 0.1) is 0 Å². The van der Waals surface area contributed by atoms with Gasteiger partial charge in [-0.15, -0.1) is 0 Å². The van der Waals surface area contributed by atoms with Gasteiger partial charge in [0.15, 0.2) is 0 Å². The molecule has 0 radical (unpaired) electrons. The average Bonchev–Trinajstić information content (AvgIpc) is 3.31. The molecule has 1 aliphatic heterocycles. The number of aromatic nitrogens is 4. The van der Waals surface area contributed by atoms with E-state index in [1.165, 1.54) is 0 Å². The summed E-state index contributed by atoms with van der Waals surface area (Å²) in [6.45, 7) is 7.91. The van der Waals surface area contributed by atoms with Gasteiger partial charge < -0.3 is 24.9 Å². The minimum atomic E-state index is -0.204. The molecule has 3 aromatic heterocycles. The number of H-pyrrole nitrogens is 2. The highest BCUT2D eigenvalue weighted by molar-refractivity contribution is 5.99. The van der Waals surface area contributed by atoms with E-state index in [4.69, 9.17) is 9.72 Å². The van der Waals surface area contributed by atoms with Crippen molar-refractivity contribution in [2.24, 2.45) is 0 Å². The minimum Gasteiger partial charge on any atom is -0.376 e. The molecule has 2 aromatic carbocycles. The first-order chi connectivity index (χ1) is 18.0. The number of nitrogens with one attached hydrogen (secondary N) is 3. The fraction of sp³-hybridized carbons (Fsp3) is 0.276. The lowest BCUT2D eigenvalue weighted by molar-refractivity contribution is -0.00521. The first-order valence-corrected chi connectivity index (χ1v) is 12.7. The molecule has 1 fully saturated rings. The Morgan fingerprint density at radius 1 is 1.00 bits per heavy atom. The van der Waals surface area contributed by atoms with E-state index in [0.717, 1.165) is 52.1 Å². The van der Waals surface area contributed by atoms with Gasteiger partial charge in [0.25, 0.3) is 5.56 Å². The third-order valence-corrected chi connectivity index (χ3v) is 6.90. The van der Waals surface area contributed by atoms with E-state index in [2.05, 4.69) is 51.1 Å². The van der Waals surface area contributed by atoms with Crippen LogP contribution < -0.4 is 15.8 Å². The van der Waals surface area contributed by atoms with Crippen LogP contribution in [0.4, 0.5) is 11.4 Å². The summed E-state index contributed by atoms with van der Waals surface area (Å²) >= 11 is 0. The number of aromatic amines is 2. The van der Waals surface area contributed by atoms with Gasteiger partial charge in [0.05, 0.1) is 46.2 Å². The lowest BCUT2D eigenvalue weighted by atomic mass is 10.1. The predicted molar refractivity (Wildman–Crippen MR) is 148 cm³/mol. The largest absolute Gasteiger partial charge is 0.376 e. The normalized spacial score (nSPS) is 18.8. The maximum Gasteiger partial charge on any atom is 0.261 e. The number of fused-ring (bicyclic) bond motifs is 2. The number of nitrogens with zero attached hydrogens (tertiary/aromatic N) is 3. The molecule has 1 saturated heterocycles. The van der Waals surface area contributed by atoms with Crippen molar-refractivity contribution in [3.05, 3.63) is 82.9 Å². The number of anilines is 2. The number of pyridine rings is 2. The van der Waals surface area contributed by atoms with Crippen LogP contribution in [0.2, 0.25) is 0 Å². The maximum atomic E-state index is 13.4. The topological polar surface area (TPSA) is 98.9 Å². The molecular formula is C29H30N6O2. The van der Waals surface area contributed by atoms with Crippen LogP contribution in [-0.2, 0) is 4.74 Å². The Bertz CT molecular complexity index is 1620. The van der Waals surface area contributed by atoms with Crippen LogP contribution in [0.15, 0.2) is 71.7 Å². The third-order valence-electron chi connectivity index (χ3n) is 6.90. The third kappa shape index (κ3) is 4.44. The molecule has 6 rings (SSSR count). The standard InChI is InChI=1S/C29H30N6O2/c1-17-15-35(16-18(2)37-17)20-11-12-24-25(14-20)33-28(32-24)26-27(31-19(3)22-9-6-7-13-30-22)21-8-4-5-10-23(21)34-29(26)36/h4-14,17-19H,15-16H2,1-3H3,(H,32,33)(H2,31,34,36)/t17-,18+,19-/m0/s1. The molecule has 4 heterocycles.